The molecule has 29 heavy (non-hydrogen) atoms. The van der Waals surface area contributed by atoms with Crippen LogP contribution in [0, 0.1) is 0 Å². The fraction of sp³-hybridized carbons (Fsp3) is 0.217. The largest absolute Gasteiger partial charge is 0.493 e. The lowest BCUT2D eigenvalue weighted by molar-refractivity contribution is -0.126. The Bertz CT molecular complexity index is 1080. The van der Waals surface area contributed by atoms with Gasteiger partial charge in [-0.1, -0.05) is 48.0 Å². The van der Waals surface area contributed by atoms with Crippen LogP contribution in [0.5, 0.6) is 5.75 Å². The summed E-state index contributed by atoms with van der Waals surface area (Å²) in [5, 5.41) is 5.45. The smallest absolute Gasteiger partial charge is 0.254 e. The molecule has 4 rings (SSSR count). The number of ether oxygens (including phenoxy) is 1. The monoisotopic (exact) mass is 408 g/mol. The van der Waals surface area contributed by atoms with Crippen LogP contribution >= 0.6 is 11.6 Å². The second-order valence-corrected chi connectivity index (χ2v) is 7.44. The van der Waals surface area contributed by atoms with Crippen LogP contribution in [0.1, 0.15) is 24.9 Å². The maximum absolute atomic E-state index is 12.9. The zero-order valence-corrected chi connectivity index (χ0v) is 16.8. The van der Waals surface area contributed by atoms with Crippen LogP contribution in [0.15, 0.2) is 60.7 Å². The van der Waals surface area contributed by atoms with Gasteiger partial charge in [0.1, 0.15) is 11.8 Å². The SMILES string of the molecule is CC(=O)NC1C(=O)N(CCCOc2cccc3ccccc23)c2ccc(Cl)cc21. The highest BCUT2D eigenvalue weighted by atomic mass is 35.5. The van der Waals surface area contributed by atoms with E-state index >= 15 is 0 Å². The highest BCUT2D eigenvalue weighted by Gasteiger charge is 2.37. The predicted molar refractivity (Wildman–Crippen MR) is 114 cm³/mol. The zero-order chi connectivity index (χ0) is 20.4. The lowest BCUT2D eigenvalue weighted by Crippen LogP contribution is -2.37. The van der Waals surface area contributed by atoms with Gasteiger partial charge in [-0.05, 0) is 36.1 Å². The van der Waals surface area contributed by atoms with Crippen molar-refractivity contribution in [1.82, 2.24) is 5.32 Å². The molecule has 1 aliphatic rings. The van der Waals surface area contributed by atoms with Gasteiger partial charge in [-0.3, -0.25) is 9.59 Å². The van der Waals surface area contributed by atoms with Gasteiger partial charge >= 0.3 is 0 Å². The molecule has 0 aromatic heterocycles. The lowest BCUT2D eigenvalue weighted by Gasteiger charge is -2.18. The van der Waals surface area contributed by atoms with E-state index in [-0.39, 0.29) is 11.8 Å². The molecule has 1 N–H and O–H groups in total. The van der Waals surface area contributed by atoms with Crippen molar-refractivity contribution in [2.45, 2.75) is 19.4 Å². The summed E-state index contributed by atoms with van der Waals surface area (Å²) in [5.41, 5.74) is 1.51. The molecular formula is C23H21ClN2O3. The summed E-state index contributed by atoms with van der Waals surface area (Å²) in [5.74, 6) is 0.428. The van der Waals surface area contributed by atoms with Gasteiger partial charge in [-0.2, -0.15) is 0 Å². The van der Waals surface area contributed by atoms with Crippen molar-refractivity contribution in [3.63, 3.8) is 0 Å². The highest BCUT2D eigenvalue weighted by Crippen LogP contribution is 2.37. The average molecular weight is 409 g/mol. The first-order valence-electron chi connectivity index (χ1n) is 9.53. The van der Waals surface area contributed by atoms with E-state index in [0.29, 0.717) is 24.6 Å². The van der Waals surface area contributed by atoms with Crippen LogP contribution in [-0.2, 0) is 9.59 Å². The molecule has 2 amide bonds. The number of anilines is 1. The molecule has 0 spiro atoms. The van der Waals surface area contributed by atoms with Crippen LogP contribution in [0.4, 0.5) is 5.69 Å². The van der Waals surface area contributed by atoms with Crippen LogP contribution in [0.2, 0.25) is 5.02 Å². The minimum absolute atomic E-state index is 0.150. The average Bonchev–Trinajstić information content (AvgIpc) is 2.96. The molecule has 0 fully saturated rings. The lowest BCUT2D eigenvalue weighted by atomic mass is 10.1. The number of hydrogen-bond donors (Lipinski definition) is 1. The van der Waals surface area contributed by atoms with Crippen LogP contribution in [0.25, 0.3) is 10.8 Å². The third-order valence-corrected chi connectivity index (χ3v) is 5.22. The molecule has 0 aliphatic carbocycles. The van der Waals surface area contributed by atoms with E-state index in [0.717, 1.165) is 27.8 Å². The van der Waals surface area contributed by atoms with E-state index < -0.39 is 6.04 Å². The molecule has 3 aromatic rings. The fourth-order valence-corrected chi connectivity index (χ4v) is 3.89. The Morgan fingerprint density at radius 3 is 2.76 bits per heavy atom. The molecule has 1 unspecified atom stereocenters. The fourth-order valence-electron chi connectivity index (χ4n) is 3.71. The van der Waals surface area contributed by atoms with Crippen LogP contribution < -0.4 is 15.0 Å². The number of rotatable bonds is 6. The van der Waals surface area contributed by atoms with Crippen molar-refractivity contribution >= 4 is 39.9 Å². The van der Waals surface area contributed by atoms with Crippen molar-refractivity contribution < 1.29 is 14.3 Å². The molecule has 1 atom stereocenters. The normalized spacial score (nSPS) is 15.4. The molecule has 3 aromatic carbocycles. The number of fused-ring (bicyclic) bond motifs is 2. The van der Waals surface area contributed by atoms with Crippen LogP contribution in [-0.4, -0.2) is 25.0 Å². The van der Waals surface area contributed by atoms with Gasteiger partial charge in [-0.15, -0.1) is 0 Å². The second-order valence-electron chi connectivity index (χ2n) is 7.01. The van der Waals surface area contributed by atoms with E-state index in [9.17, 15) is 9.59 Å². The van der Waals surface area contributed by atoms with Gasteiger partial charge in [0.15, 0.2) is 0 Å². The summed E-state index contributed by atoms with van der Waals surface area (Å²) in [6.45, 7) is 2.37. The van der Waals surface area contributed by atoms with E-state index in [1.165, 1.54) is 6.92 Å². The number of amides is 2. The van der Waals surface area contributed by atoms with E-state index in [2.05, 4.69) is 17.4 Å². The third kappa shape index (κ3) is 3.91. The number of nitrogens with zero attached hydrogens (tertiary/aromatic N) is 1. The maximum Gasteiger partial charge on any atom is 0.254 e. The van der Waals surface area contributed by atoms with Crippen LogP contribution in [0.3, 0.4) is 0 Å². The van der Waals surface area contributed by atoms with E-state index in [1.807, 2.05) is 36.4 Å². The van der Waals surface area contributed by atoms with Gasteiger partial charge < -0.3 is 15.0 Å². The Labute approximate surface area is 174 Å². The van der Waals surface area contributed by atoms with Crippen molar-refractivity contribution in [3.8, 4) is 5.75 Å². The standard InChI is InChI=1S/C23H21ClN2O3/c1-15(27)25-22-19-14-17(24)10-11-20(19)26(23(22)28)12-5-13-29-21-9-4-7-16-6-2-3-8-18(16)21/h2-4,6-11,14,22H,5,12-13H2,1H3,(H,25,27). The summed E-state index contributed by atoms with van der Waals surface area (Å²) in [4.78, 5) is 26.1. The molecule has 0 saturated heterocycles. The van der Waals surface area contributed by atoms with Gasteiger partial charge in [-0.25, -0.2) is 0 Å². The predicted octanol–water partition coefficient (Wildman–Crippen LogP) is 4.49. The number of benzene rings is 3. The Hall–Kier alpha value is -3.05. The highest BCUT2D eigenvalue weighted by molar-refractivity contribution is 6.31. The summed E-state index contributed by atoms with van der Waals surface area (Å²) in [7, 11) is 0. The molecule has 148 valence electrons. The molecule has 0 bridgehead atoms. The molecule has 6 heteroatoms. The Morgan fingerprint density at radius 1 is 1.14 bits per heavy atom. The third-order valence-electron chi connectivity index (χ3n) is 4.99. The first kappa shape index (κ1) is 19.3. The first-order chi connectivity index (χ1) is 14.0. The summed E-state index contributed by atoms with van der Waals surface area (Å²) >= 11 is 6.10. The number of nitrogens with one attached hydrogen (secondary N) is 1. The summed E-state index contributed by atoms with van der Waals surface area (Å²) < 4.78 is 5.98. The maximum atomic E-state index is 12.9. The van der Waals surface area contributed by atoms with E-state index in [4.69, 9.17) is 16.3 Å². The Morgan fingerprint density at radius 2 is 1.93 bits per heavy atom. The van der Waals surface area contributed by atoms with Gasteiger partial charge in [0.25, 0.3) is 5.91 Å². The van der Waals surface area contributed by atoms with Crippen molar-refractivity contribution in [3.05, 3.63) is 71.2 Å². The van der Waals surface area contributed by atoms with Crippen molar-refractivity contribution in [2.75, 3.05) is 18.1 Å². The number of carbonyl (C=O) groups is 2. The topological polar surface area (TPSA) is 58.6 Å². The number of hydrogen-bond acceptors (Lipinski definition) is 3. The van der Waals surface area contributed by atoms with Gasteiger partial charge in [0, 0.05) is 35.1 Å². The molecule has 0 saturated carbocycles. The van der Waals surface area contributed by atoms with E-state index in [1.54, 1.807) is 17.0 Å². The molecule has 5 nitrogen and oxygen atoms in total. The Kier molecular flexibility index (Phi) is 5.41. The first-order valence-corrected chi connectivity index (χ1v) is 9.91. The van der Waals surface area contributed by atoms with Gasteiger partial charge in [0.2, 0.25) is 5.91 Å². The summed E-state index contributed by atoms with van der Waals surface area (Å²) in [6.07, 6.45) is 0.657. The molecule has 1 heterocycles. The zero-order valence-electron chi connectivity index (χ0n) is 16.0. The number of halogens is 1. The number of carbonyl (C=O) groups excluding carboxylic acids is 2. The second kappa shape index (κ2) is 8.13. The quantitative estimate of drug-likeness (QED) is 0.611. The Balaban J connectivity index is 1.44. The minimum Gasteiger partial charge on any atom is -0.493 e. The minimum atomic E-state index is -0.694. The van der Waals surface area contributed by atoms with Crippen molar-refractivity contribution in [1.29, 1.82) is 0 Å². The van der Waals surface area contributed by atoms with Gasteiger partial charge in [0.05, 0.1) is 6.61 Å². The van der Waals surface area contributed by atoms with Crippen molar-refractivity contribution in [2.24, 2.45) is 0 Å². The summed E-state index contributed by atoms with van der Waals surface area (Å²) in [6, 6.07) is 18.7. The molecule has 1 aliphatic heterocycles. The molecular weight excluding hydrogens is 388 g/mol. The molecule has 0 radical (unpaired) electrons.